The lowest BCUT2D eigenvalue weighted by molar-refractivity contribution is 0.0898. The second kappa shape index (κ2) is 7.88. The topological polar surface area (TPSA) is 72.7 Å². The highest BCUT2D eigenvalue weighted by atomic mass is 16.5. The van der Waals surface area contributed by atoms with Gasteiger partial charge in [-0.15, -0.1) is 0 Å². The van der Waals surface area contributed by atoms with Gasteiger partial charge in [0, 0.05) is 12.6 Å². The smallest absolute Gasteiger partial charge is 0.287 e. The van der Waals surface area contributed by atoms with E-state index in [0.29, 0.717) is 23.0 Å². The summed E-state index contributed by atoms with van der Waals surface area (Å²) in [5, 5.41) is 6.25. The zero-order valence-electron chi connectivity index (χ0n) is 13.7. The molecular formula is C18H22N2O4. The summed E-state index contributed by atoms with van der Waals surface area (Å²) >= 11 is 0. The molecule has 1 aromatic carbocycles. The van der Waals surface area contributed by atoms with Crippen LogP contribution in [-0.2, 0) is 6.61 Å². The number of ether oxygens (including phenoxy) is 2. The molecule has 0 radical (unpaired) electrons. The first kappa shape index (κ1) is 16.4. The molecule has 0 unspecified atom stereocenters. The molecule has 6 nitrogen and oxygen atoms in total. The number of carbonyl (C=O) groups excluding carboxylic acids is 1. The van der Waals surface area contributed by atoms with E-state index >= 15 is 0 Å². The molecule has 3 rings (SSSR count). The molecule has 1 aliphatic rings. The summed E-state index contributed by atoms with van der Waals surface area (Å²) in [7, 11) is 1.59. The van der Waals surface area contributed by atoms with Gasteiger partial charge >= 0.3 is 0 Å². The SMILES string of the molecule is COc1ccccc1OCc1ccc(C(=O)N[C@H]2CCCNC2)o1. The maximum absolute atomic E-state index is 12.2. The number of rotatable bonds is 6. The average molecular weight is 330 g/mol. The van der Waals surface area contributed by atoms with E-state index in [9.17, 15) is 4.79 Å². The molecule has 1 aliphatic heterocycles. The molecule has 6 heteroatoms. The van der Waals surface area contributed by atoms with Gasteiger partial charge in [0.2, 0.25) is 0 Å². The number of piperidine rings is 1. The van der Waals surface area contributed by atoms with Gasteiger partial charge in [-0.05, 0) is 43.7 Å². The molecule has 128 valence electrons. The molecule has 1 saturated heterocycles. The van der Waals surface area contributed by atoms with Crippen molar-refractivity contribution in [3.8, 4) is 11.5 Å². The van der Waals surface area contributed by atoms with Crippen LogP contribution in [0.15, 0.2) is 40.8 Å². The lowest BCUT2D eigenvalue weighted by Gasteiger charge is -2.23. The highest BCUT2D eigenvalue weighted by Crippen LogP contribution is 2.26. The van der Waals surface area contributed by atoms with E-state index in [4.69, 9.17) is 13.9 Å². The van der Waals surface area contributed by atoms with Crippen LogP contribution in [0.3, 0.4) is 0 Å². The average Bonchev–Trinajstić information content (AvgIpc) is 3.10. The van der Waals surface area contributed by atoms with E-state index in [0.717, 1.165) is 25.9 Å². The molecule has 0 bridgehead atoms. The maximum atomic E-state index is 12.2. The van der Waals surface area contributed by atoms with E-state index in [1.807, 2.05) is 24.3 Å². The Morgan fingerprint density at radius 3 is 2.88 bits per heavy atom. The molecule has 24 heavy (non-hydrogen) atoms. The van der Waals surface area contributed by atoms with E-state index in [-0.39, 0.29) is 18.6 Å². The third-order valence-electron chi connectivity index (χ3n) is 3.96. The molecule has 2 heterocycles. The van der Waals surface area contributed by atoms with E-state index in [1.165, 1.54) is 0 Å². The van der Waals surface area contributed by atoms with Gasteiger partial charge in [-0.3, -0.25) is 4.79 Å². The van der Waals surface area contributed by atoms with Crippen LogP contribution in [0.2, 0.25) is 0 Å². The van der Waals surface area contributed by atoms with Crippen LogP contribution >= 0.6 is 0 Å². The fourth-order valence-electron chi connectivity index (χ4n) is 2.70. The number of para-hydroxylation sites is 2. The number of methoxy groups -OCH3 is 1. The Labute approximate surface area is 141 Å². The summed E-state index contributed by atoms with van der Waals surface area (Å²) in [5.74, 6) is 2.00. The minimum absolute atomic E-state index is 0.157. The van der Waals surface area contributed by atoms with Crippen molar-refractivity contribution in [3.63, 3.8) is 0 Å². The van der Waals surface area contributed by atoms with Gasteiger partial charge in [0.25, 0.3) is 5.91 Å². The lowest BCUT2D eigenvalue weighted by atomic mass is 10.1. The zero-order chi connectivity index (χ0) is 16.8. The van der Waals surface area contributed by atoms with Crippen LogP contribution in [0.1, 0.15) is 29.2 Å². The van der Waals surface area contributed by atoms with E-state index in [2.05, 4.69) is 10.6 Å². The Hall–Kier alpha value is -2.47. The minimum atomic E-state index is -0.188. The number of carbonyl (C=O) groups is 1. The first-order chi connectivity index (χ1) is 11.8. The predicted octanol–water partition coefficient (Wildman–Crippen LogP) is 2.35. The van der Waals surface area contributed by atoms with Crippen molar-refractivity contribution >= 4 is 5.91 Å². The fourth-order valence-corrected chi connectivity index (χ4v) is 2.70. The standard InChI is InChI=1S/C18H22N2O4/c1-22-15-6-2-3-7-16(15)23-12-14-8-9-17(24-14)18(21)20-13-5-4-10-19-11-13/h2-3,6-9,13,19H,4-5,10-12H2,1H3,(H,20,21)/t13-/m0/s1. The second-order valence-electron chi connectivity index (χ2n) is 5.72. The van der Waals surface area contributed by atoms with Crippen molar-refractivity contribution in [1.82, 2.24) is 10.6 Å². The van der Waals surface area contributed by atoms with Crippen molar-refractivity contribution in [2.24, 2.45) is 0 Å². The predicted molar refractivity (Wildman–Crippen MR) is 89.4 cm³/mol. The molecule has 2 aromatic rings. The number of amides is 1. The molecule has 1 atom stereocenters. The lowest BCUT2D eigenvalue weighted by Crippen LogP contribution is -2.45. The van der Waals surface area contributed by atoms with Gasteiger partial charge in [-0.2, -0.15) is 0 Å². The van der Waals surface area contributed by atoms with Gasteiger partial charge in [-0.1, -0.05) is 12.1 Å². The van der Waals surface area contributed by atoms with Gasteiger partial charge in [0.05, 0.1) is 7.11 Å². The van der Waals surface area contributed by atoms with Crippen LogP contribution in [0.4, 0.5) is 0 Å². The number of nitrogens with one attached hydrogen (secondary N) is 2. The molecular weight excluding hydrogens is 308 g/mol. The van der Waals surface area contributed by atoms with Crippen LogP contribution in [0.5, 0.6) is 11.5 Å². The molecule has 0 spiro atoms. The number of hydrogen-bond acceptors (Lipinski definition) is 5. The largest absolute Gasteiger partial charge is 0.493 e. The van der Waals surface area contributed by atoms with Crippen molar-refractivity contribution < 1.29 is 18.7 Å². The van der Waals surface area contributed by atoms with Gasteiger partial charge in [-0.25, -0.2) is 0 Å². The van der Waals surface area contributed by atoms with Crippen LogP contribution in [0.25, 0.3) is 0 Å². The Kier molecular flexibility index (Phi) is 5.38. The number of hydrogen-bond donors (Lipinski definition) is 2. The van der Waals surface area contributed by atoms with Crippen molar-refractivity contribution in [2.75, 3.05) is 20.2 Å². The summed E-state index contributed by atoms with van der Waals surface area (Å²) < 4.78 is 16.5. The molecule has 1 fully saturated rings. The first-order valence-corrected chi connectivity index (χ1v) is 8.12. The van der Waals surface area contributed by atoms with Crippen molar-refractivity contribution in [3.05, 3.63) is 47.9 Å². The molecule has 1 amide bonds. The highest BCUT2D eigenvalue weighted by Gasteiger charge is 2.18. The van der Waals surface area contributed by atoms with Crippen LogP contribution < -0.4 is 20.1 Å². The van der Waals surface area contributed by atoms with E-state index in [1.54, 1.807) is 19.2 Å². The summed E-state index contributed by atoms with van der Waals surface area (Å²) in [4.78, 5) is 12.2. The van der Waals surface area contributed by atoms with Gasteiger partial charge in [0.1, 0.15) is 12.4 Å². The summed E-state index contributed by atoms with van der Waals surface area (Å²) in [6.07, 6.45) is 2.06. The third-order valence-corrected chi connectivity index (χ3v) is 3.96. The Balaban J connectivity index is 1.56. The highest BCUT2D eigenvalue weighted by molar-refractivity contribution is 5.91. The van der Waals surface area contributed by atoms with Crippen molar-refractivity contribution in [2.45, 2.75) is 25.5 Å². The Morgan fingerprint density at radius 1 is 1.29 bits per heavy atom. The number of furan rings is 1. The maximum Gasteiger partial charge on any atom is 0.287 e. The molecule has 0 aliphatic carbocycles. The molecule has 0 saturated carbocycles. The first-order valence-electron chi connectivity index (χ1n) is 8.12. The van der Waals surface area contributed by atoms with Crippen LogP contribution in [-0.4, -0.2) is 32.1 Å². The Bertz CT molecular complexity index is 677. The summed E-state index contributed by atoms with van der Waals surface area (Å²) in [5.41, 5.74) is 0. The minimum Gasteiger partial charge on any atom is -0.493 e. The third kappa shape index (κ3) is 4.08. The van der Waals surface area contributed by atoms with Gasteiger partial charge < -0.3 is 24.5 Å². The molecule has 2 N–H and O–H groups in total. The van der Waals surface area contributed by atoms with E-state index < -0.39 is 0 Å². The zero-order valence-corrected chi connectivity index (χ0v) is 13.7. The second-order valence-corrected chi connectivity index (χ2v) is 5.72. The normalized spacial score (nSPS) is 17.3. The van der Waals surface area contributed by atoms with Crippen molar-refractivity contribution in [1.29, 1.82) is 0 Å². The monoisotopic (exact) mass is 330 g/mol. The quantitative estimate of drug-likeness (QED) is 0.850. The summed E-state index contributed by atoms with van der Waals surface area (Å²) in [6.45, 7) is 2.05. The van der Waals surface area contributed by atoms with Gasteiger partial charge in [0.15, 0.2) is 17.3 Å². The molecule has 1 aromatic heterocycles. The van der Waals surface area contributed by atoms with Crippen LogP contribution in [0, 0.1) is 0 Å². The summed E-state index contributed by atoms with van der Waals surface area (Å²) in [6, 6.07) is 11.0. The fraction of sp³-hybridized carbons (Fsp3) is 0.389. The number of benzene rings is 1. The Morgan fingerprint density at radius 2 is 2.12 bits per heavy atom.